The molecule has 0 aliphatic heterocycles. The first kappa shape index (κ1) is 11.2. The minimum absolute atomic E-state index is 0.455. The highest BCUT2D eigenvalue weighted by Crippen LogP contribution is 2.11. The number of nitrogens with one attached hydrogen (secondary N) is 1. The van der Waals surface area contributed by atoms with Crippen LogP contribution in [0, 0.1) is 11.3 Å². The van der Waals surface area contributed by atoms with Crippen LogP contribution >= 0.6 is 0 Å². The number of nitrogens with zero attached hydrogens (tertiary/aromatic N) is 5. The second kappa shape index (κ2) is 4.74. The van der Waals surface area contributed by atoms with Crippen LogP contribution in [0.1, 0.15) is 11.4 Å². The van der Waals surface area contributed by atoms with Crippen LogP contribution in [0.5, 0.6) is 0 Å². The molecule has 6 nitrogen and oxygen atoms in total. The molecule has 1 N–H and O–H groups in total. The normalized spacial score (nSPS) is 10.3. The molecule has 0 aliphatic rings. The van der Waals surface area contributed by atoms with E-state index >= 15 is 0 Å². The maximum Gasteiger partial charge on any atom is 0.160 e. The largest absolute Gasteiger partial charge is 0.362 e. The number of aromatic nitrogens is 4. The fourth-order valence-electron chi connectivity index (χ4n) is 1.81. The van der Waals surface area contributed by atoms with Gasteiger partial charge in [-0.3, -0.25) is 4.40 Å². The van der Waals surface area contributed by atoms with Gasteiger partial charge in [0.15, 0.2) is 11.5 Å². The fourth-order valence-corrected chi connectivity index (χ4v) is 1.81. The topological polar surface area (TPSA) is 78.9 Å². The van der Waals surface area contributed by atoms with Crippen molar-refractivity contribution in [2.24, 2.45) is 0 Å². The van der Waals surface area contributed by atoms with E-state index in [0.29, 0.717) is 17.9 Å². The molecular formula is C13H10N6. The Hall–Kier alpha value is -2.94. The smallest absolute Gasteiger partial charge is 0.160 e. The number of rotatable bonds is 3. The van der Waals surface area contributed by atoms with Crippen LogP contribution in [0.2, 0.25) is 0 Å². The lowest BCUT2D eigenvalue weighted by atomic mass is 10.3. The van der Waals surface area contributed by atoms with Crippen molar-refractivity contribution in [2.75, 3.05) is 5.32 Å². The van der Waals surface area contributed by atoms with E-state index < -0.39 is 0 Å². The summed E-state index contributed by atoms with van der Waals surface area (Å²) in [6.45, 7) is 0.455. The number of hydrogen-bond donors (Lipinski definition) is 1. The van der Waals surface area contributed by atoms with E-state index in [1.54, 1.807) is 18.3 Å². The average Bonchev–Trinajstić information content (AvgIpc) is 2.89. The predicted octanol–water partition coefficient (Wildman–Crippen LogP) is 1.61. The van der Waals surface area contributed by atoms with Crippen molar-refractivity contribution in [1.29, 1.82) is 5.26 Å². The Balaban J connectivity index is 1.85. The number of fused-ring (bicyclic) bond motifs is 1. The van der Waals surface area contributed by atoms with Gasteiger partial charge in [-0.25, -0.2) is 4.98 Å². The van der Waals surface area contributed by atoms with Gasteiger partial charge in [-0.15, -0.1) is 10.2 Å². The van der Waals surface area contributed by atoms with Crippen LogP contribution < -0.4 is 5.32 Å². The number of anilines is 1. The van der Waals surface area contributed by atoms with E-state index in [1.165, 1.54) is 0 Å². The summed E-state index contributed by atoms with van der Waals surface area (Å²) < 4.78 is 1.89. The monoisotopic (exact) mass is 250 g/mol. The lowest BCUT2D eigenvalue weighted by Gasteiger charge is -2.05. The van der Waals surface area contributed by atoms with Crippen LogP contribution in [0.25, 0.3) is 5.65 Å². The van der Waals surface area contributed by atoms with E-state index in [-0.39, 0.29) is 0 Å². The molecule has 0 aliphatic carbocycles. The highest BCUT2D eigenvalue weighted by atomic mass is 15.3. The van der Waals surface area contributed by atoms with Crippen LogP contribution in [0.3, 0.4) is 0 Å². The molecule has 0 amide bonds. The Morgan fingerprint density at radius 2 is 2.16 bits per heavy atom. The summed E-state index contributed by atoms with van der Waals surface area (Å²) in [6, 6.07) is 11.3. The van der Waals surface area contributed by atoms with E-state index in [2.05, 4.69) is 26.6 Å². The van der Waals surface area contributed by atoms with E-state index in [0.717, 1.165) is 11.5 Å². The van der Waals surface area contributed by atoms with Gasteiger partial charge >= 0.3 is 0 Å². The molecule has 92 valence electrons. The lowest BCUT2D eigenvalue weighted by Crippen LogP contribution is -2.06. The first-order valence-corrected chi connectivity index (χ1v) is 5.76. The quantitative estimate of drug-likeness (QED) is 0.764. The summed E-state index contributed by atoms with van der Waals surface area (Å²) in [6.07, 6.45) is 3.54. The minimum atomic E-state index is 0.455. The van der Waals surface area contributed by atoms with Crippen LogP contribution in [0.4, 0.5) is 5.82 Å². The van der Waals surface area contributed by atoms with Crippen molar-refractivity contribution < 1.29 is 0 Å². The standard InChI is InChI=1S/C13H10N6/c14-8-10-4-3-6-15-13(10)16-9-12-18-17-11-5-1-2-7-19(11)12/h1-7H,9H2,(H,15,16). The van der Waals surface area contributed by atoms with Crippen molar-refractivity contribution >= 4 is 11.5 Å². The van der Waals surface area contributed by atoms with Gasteiger partial charge in [0.1, 0.15) is 11.9 Å². The van der Waals surface area contributed by atoms with Crippen LogP contribution in [-0.4, -0.2) is 19.6 Å². The molecule has 3 aromatic rings. The number of nitriles is 1. The molecule has 0 fully saturated rings. The summed E-state index contributed by atoms with van der Waals surface area (Å²) in [4.78, 5) is 4.14. The molecule has 0 saturated heterocycles. The Morgan fingerprint density at radius 1 is 1.21 bits per heavy atom. The van der Waals surface area contributed by atoms with Crippen molar-refractivity contribution in [1.82, 2.24) is 19.6 Å². The molecule has 0 saturated carbocycles. The van der Waals surface area contributed by atoms with Crippen molar-refractivity contribution in [3.63, 3.8) is 0 Å². The third-order valence-corrected chi connectivity index (χ3v) is 2.73. The minimum Gasteiger partial charge on any atom is -0.362 e. The highest BCUT2D eigenvalue weighted by molar-refractivity contribution is 5.51. The van der Waals surface area contributed by atoms with Crippen molar-refractivity contribution in [2.45, 2.75) is 6.54 Å². The molecule has 3 aromatic heterocycles. The maximum absolute atomic E-state index is 8.98. The van der Waals surface area contributed by atoms with Gasteiger partial charge in [-0.05, 0) is 24.3 Å². The SMILES string of the molecule is N#Cc1cccnc1NCc1nnc2ccccn12. The third kappa shape index (κ3) is 2.09. The van der Waals surface area contributed by atoms with Crippen molar-refractivity contribution in [3.05, 3.63) is 54.1 Å². The van der Waals surface area contributed by atoms with E-state index in [1.807, 2.05) is 28.8 Å². The number of hydrogen-bond acceptors (Lipinski definition) is 5. The van der Waals surface area contributed by atoms with E-state index in [9.17, 15) is 0 Å². The molecule has 0 radical (unpaired) electrons. The highest BCUT2D eigenvalue weighted by Gasteiger charge is 2.06. The molecule has 19 heavy (non-hydrogen) atoms. The Labute approximate surface area is 109 Å². The molecule has 0 unspecified atom stereocenters. The predicted molar refractivity (Wildman–Crippen MR) is 69.3 cm³/mol. The van der Waals surface area contributed by atoms with Gasteiger partial charge in [-0.1, -0.05) is 6.07 Å². The number of pyridine rings is 2. The van der Waals surface area contributed by atoms with E-state index in [4.69, 9.17) is 5.26 Å². The van der Waals surface area contributed by atoms with Crippen LogP contribution in [-0.2, 0) is 6.54 Å². The molecule has 0 atom stereocenters. The zero-order chi connectivity index (χ0) is 13.1. The first-order valence-electron chi connectivity index (χ1n) is 5.76. The average molecular weight is 250 g/mol. The second-order valence-electron chi connectivity index (χ2n) is 3.91. The molecular weight excluding hydrogens is 240 g/mol. The van der Waals surface area contributed by atoms with Crippen LogP contribution in [0.15, 0.2) is 42.7 Å². The summed E-state index contributed by atoms with van der Waals surface area (Å²) in [5, 5.41) is 20.3. The van der Waals surface area contributed by atoms with Gasteiger partial charge in [-0.2, -0.15) is 5.26 Å². The summed E-state index contributed by atoms with van der Waals surface area (Å²) in [7, 11) is 0. The molecule has 0 aromatic carbocycles. The zero-order valence-corrected chi connectivity index (χ0v) is 9.98. The summed E-state index contributed by atoms with van der Waals surface area (Å²) >= 11 is 0. The lowest BCUT2D eigenvalue weighted by molar-refractivity contribution is 0.911. The zero-order valence-electron chi connectivity index (χ0n) is 9.98. The van der Waals surface area contributed by atoms with Gasteiger partial charge < -0.3 is 5.32 Å². The molecule has 0 bridgehead atoms. The summed E-state index contributed by atoms with van der Waals surface area (Å²) in [5.41, 5.74) is 1.30. The Kier molecular flexibility index (Phi) is 2.79. The fraction of sp³-hybridized carbons (Fsp3) is 0.0769. The van der Waals surface area contributed by atoms with Gasteiger partial charge in [0.2, 0.25) is 0 Å². The molecule has 0 spiro atoms. The first-order chi connectivity index (χ1) is 9.38. The van der Waals surface area contributed by atoms with Gasteiger partial charge in [0.25, 0.3) is 0 Å². The molecule has 3 rings (SSSR count). The second-order valence-corrected chi connectivity index (χ2v) is 3.91. The summed E-state index contributed by atoms with van der Waals surface area (Å²) in [5.74, 6) is 1.32. The molecule has 6 heteroatoms. The Bertz CT molecular complexity index is 755. The van der Waals surface area contributed by atoms with Gasteiger partial charge in [0, 0.05) is 12.4 Å². The third-order valence-electron chi connectivity index (χ3n) is 2.73. The molecule has 3 heterocycles. The maximum atomic E-state index is 8.98. The Morgan fingerprint density at radius 3 is 3.05 bits per heavy atom. The van der Waals surface area contributed by atoms with Crippen molar-refractivity contribution in [3.8, 4) is 6.07 Å². The van der Waals surface area contributed by atoms with Gasteiger partial charge in [0.05, 0.1) is 12.1 Å².